The van der Waals surface area contributed by atoms with Gasteiger partial charge < -0.3 is 20.4 Å². The first-order valence-corrected chi connectivity index (χ1v) is 13.2. The highest BCUT2D eigenvalue weighted by Gasteiger charge is 2.29. The second-order valence-corrected chi connectivity index (χ2v) is 10.1. The molecule has 210 valence electrons. The first kappa shape index (κ1) is 29.5. The quantitative estimate of drug-likeness (QED) is 0.146. The van der Waals surface area contributed by atoms with Gasteiger partial charge >= 0.3 is 5.97 Å². The number of hydrogen-bond donors (Lipinski definition) is 3. The molecule has 0 aromatic heterocycles. The van der Waals surface area contributed by atoms with E-state index in [4.69, 9.17) is 23.2 Å². The maximum Gasteiger partial charge on any atom is 0.326 e. The smallest absolute Gasteiger partial charge is 0.326 e. The molecule has 11 heteroatoms. The number of carboxylic acid groups (broad SMARTS) is 1. The van der Waals surface area contributed by atoms with Gasteiger partial charge in [0.25, 0.3) is 5.91 Å². The lowest BCUT2D eigenvalue weighted by Gasteiger charge is -2.29. The average molecular weight is 595 g/mol. The zero-order chi connectivity index (χ0) is 29.7. The van der Waals surface area contributed by atoms with Crippen LogP contribution in [0, 0.1) is 0 Å². The summed E-state index contributed by atoms with van der Waals surface area (Å²) >= 11 is 13.0. The minimum Gasteiger partial charge on any atom is -0.507 e. The van der Waals surface area contributed by atoms with Crippen LogP contribution in [0.15, 0.2) is 60.7 Å². The van der Waals surface area contributed by atoms with Gasteiger partial charge in [-0.15, -0.1) is 0 Å². The third-order valence-electron chi connectivity index (χ3n) is 6.65. The summed E-state index contributed by atoms with van der Waals surface area (Å²) in [5.41, 5.74) is 2.23. The number of amides is 2. The van der Waals surface area contributed by atoms with E-state index in [-0.39, 0.29) is 52.1 Å². The summed E-state index contributed by atoms with van der Waals surface area (Å²) in [5.74, 6) is -3.09. The van der Waals surface area contributed by atoms with Crippen molar-refractivity contribution in [2.45, 2.75) is 25.4 Å². The van der Waals surface area contributed by atoms with Gasteiger partial charge in [0.1, 0.15) is 11.8 Å². The van der Waals surface area contributed by atoms with E-state index in [1.165, 1.54) is 42.5 Å². The number of carbonyl (C=O) groups is 5. The van der Waals surface area contributed by atoms with Gasteiger partial charge in [-0.25, -0.2) is 4.79 Å². The number of aliphatic carboxylic acids is 1. The fourth-order valence-electron chi connectivity index (χ4n) is 4.53. The number of ketones is 1. The number of para-hydroxylation sites is 1. The van der Waals surface area contributed by atoms with Crippen molar-refractivity contribution < 1.29 is 34.2 Å². The summed E-state index contributed by atoms with van der Waals surface area (Å²) in [7, 11) is 0. The summed E-state index contributed by atoms with van der Waals surface area (Å²) in [4.78, 5) is 62.0. The second kappa shape index (κ2) is 12.8. The second-order valence-electron chi connectivity index (χ2n) is 9.34. The van der Waals surface area contributed by atoms with E-state index >= 15 is 0 Å². The van der Waals surface area contributed by atoms with E-state index in [1.807, 2.05) is 0 Å². The first-order chi connectivity index (χ1) is 19.6. The zero-order valence-corrected chi connectivity index (χ0v) is 23.0. The van der Waals surface area contributed by atoms with Crippen LogP contribution in [-0.4, -0.2) is 57.6 Å². The monoisotopic (exact) mass is 594 g/mol. The van der Waals surface area contributed by atoms with Gasteiger partial charge in [0.05, 0.1) is 15.6 Å². The lowest BCUT2D eigenvalue weighted by Crippen LogP contribution is -2.42. The van der Waals surface area contributed by atoms with Crippen molar-refractivity contribution >= 4 is 59.1 Å². The van der Waals surface area contributed by atoms with E-state index in [9.17, 15) is 34.2 Å². The molecule has 1 heterocycles. The van der Waals surface area contributed by atoms with Crippen molar-refractivity contribution in [1.82, 2.24) is 10.2 Å². The number of halogens is 2. The van der Waals surface area contributed by atoms with Crippen molar-refractivity contribution in [3.63, 3.8) is 0 Å². The Balaban J connectivity index is 1.50. The number of carbonyl (C=O) groups excluding carboxylic acids is 4. The van der Waals surface area contributed by atoms with Crippen molar-refractivity contribution in [3.05, 3.63) is 104 Å². The lowest BCUT2D eigenvalue weighted by molar-refractivity contribution is -0.139. The topological polar surface area (TPSA) is 141 Å². The summed E-state index contributed by atoms with van der Waals surface area (Å²) in [6.07, 6.45) is 3.23. The van der Waals surface area contributed by atoms with E-state index < -0.39 is 23.7 Å². The molecule has 0 spiro atoms. The van der Waals surface area contributed by atoms with E-state index in [0.717, 1.165) is 0 Å². The largest absolute Gasteiger partial charge is 0.507 e. The maximum absolute atomic E-state index is 13.2. The Morgan fingerprint density at radius 2 is 1.80 bits per heavy atom. The SMILES string of the molecule is O=CC(=O)c1cccc(C[C@H](NC(=O)c2c(Cl)cc3c(c2Cl)CCN(C(=O)/C=C/c2ccccc2O)C3)C(=O)O)c1. The molecule has 9 nitrogen and oxygen atoms in total. The number of nitrogens with one attached hydrogen (secondary N) is 1. The molecule has 1 aliphatic rings. The standard InChI is InChI=1S/C30H24Cl2N2O7/c31-22-14-20-15-34(26(38)9-8-18-5-1-2-7-24(18)36)11-10-21(20)28(32)27(22)29(39)33-23(30(40)41)13-17-4-3-6-19(12-17)25(37)16-35/h1-9,12,14,16,23,36H,10-11,13,15H2,(H,33,39)(H,40,41)/b9-8+/t23-/m0/s1. The highest BCUT2D eigenvalue weighted by Crippen LogP contribution is 2.35. The van der Waals surface area contributed by atoms with Gasteiger partial charge in [-0.1, -0.05) is 59.6 Å². The Morgan fingerprint density at radius 1 is 1.05 bits per heavy atom. The molecule has 3 N–H and O–H groups in total. The number of Topliss-reactive ketones (excluding diaryl/α,β-unsaturated/α-hetero) is 1. The van der Waals surface area contributed by atoms with Gasteiger partial charge in [0.2, 0.25) is 11.7 Å². The number of rotatable bonds is 9. The number of nitrogens with zero attached hydrogens (tertiary/aromatic N) is 1. The summed E-state index contributed by atoms with van der Waals surface area (Å²) < 4.78 is 0. The Kier molecular flexibility index (Phi) is 9.21. The Morgan fingerprint density at radius 3 is 2.51 bits per heavy atom. The summed E-state index contributed by atoms with van der Waals surface area (Å²) in [6.45, 7) is 0.501. The van der Waals surface area contributed by atoms with Crippen LogP contribution in [0.4, 0.5) is 0 Å². The van der Waals surface area contributed by atoms with Crippen LogP contribution in [0.25, 0.3) is 6.08 Å². The predicted molar refractivity (Wildman–Crippen MR) is 152 cm³/mol. The third kappa shape index (κ3) is 6.82. The molecule has 0 unspecified atom stereocenters. The molecule has 0 saturated heterocycles. The fourth-order valence-corrected chi connectivity index (χ4v) is 5.29. The van der Waals surface area contributed by atoms with Gasteiger partial charge in [-0.05, 0) is 47.4 Å². The predicted octanol–water partition coefficient (Wildman–Crippen LogP) is 4.10. The van der Waals surface area contributed by atoms with Crippen LogP contribution in [0.1, 0.15) is 43.0 Å². The molecule has 3 aromatic carbocycles. The molecule has 2 amide bonds. The molecule has 0 radical (unpaired) electrons. The van der Waals surface area contributed by atoms with Gasteiger partial charge in [0, 0.05) is 36.7 Å². The Bertz CT molecular complexity index is 1580. The molecule has 0 saturated carbocycles. The summed E-state index contributed by atoms with van der Waals surface area (Å²) in [5, 5.41) is 22.1. The highest BCUT2D eigenvalue weighted by molar-refractivity contribution is 6.40. The molecule has 4 rings (SSSR count). The van der Waals surface area contributed by atoms with Gasteiger partial charge in [-0.2, -0.15) is 0 Å². The van der Waals surface area contributed by atoms with Crippen LogP contribution < -0.4 is 5.32 Å². The minimum atomic E-state index is -1.38. The molecule has 1 aliphatic heterocycles. The van der Waals surface area contributed by atoms with Crippen LogP contribution in [0.3, 0.4) is 0 Å². The Hall–Kier alpha value is -4.47. The van der Waals surface area contributed by atoms with Gasteiger partial charge in [-0.3, -0.25) is 19.2 Å². The number of phenols is 1. The molecule has 41 heavy (non-hydrogen) atoms. The molecule has 1 atom stereocenters. The first-order valence-electron chi connectivity index (χ1n) is 12.5. The highest BCUT2D eigenvalue weighted by atomic mass is 35.5. The lowest BCUT2D eigenvalue weighted by atomic mass is 9.96. The van der Waals surface area contributed by atoms with Crippen LogP contribution in [0.5, 0.6) is 5.75 Å². The van der Waals surface area contributed by atoms with Gasteiger partial charge in [0.15, 0.2) is 6.29 Å². The third-order valence-corrected chi connectivity index (χ3v) is 7.36. The molecular formula is C30H24Cl2N2O7. The fraction of sp³-hybridized carbons (Fsp3) is 0.167. The normalized spacial score (nSPS) is 13.4. The number of fused-ring (bicyclic) bond motifs is 1. The molecule has 0 fully saturated rings. The number of aromatic hydroxyl groups is 1. The van der Waals surface area contributed by atoms with E-state index in [0.29, 0.717) is 35.2 Å². The number of hydrogen-bond acceptors (Lipinski definition) is 6. The van der Waals surface area contributed by atoms with Crippen LogP contribution in [-0.2, 0) is 33.8 Å². The maximum atomic E-state index is 13.2. The summed E-state index contributed by atoms with van der Waals surface area (Å²) in [6, 6.07) is 12.7. The van der Waals surface area contributed by atoms with Crippen molar-refractivity contribution in [1.29, 1.82) is 0 Å². The number of benzene rings is 3. The minimum absolute atomic E-state index is 0.00647. The van der Waals surface area contributed by atoms with E-state index in [2.05, 4.69) is 5.32 Å². The zero-order valence-electron chi connectivity index (χ0n) is 21.5. The molecular weight excluding hydrogens is 571 g/mol. The number of aldehydes is 1. The molecule has 0 aliphatic carbocycles. The van der Waals surface area contributed by atoms with Crippen molar-refractivity contribution in [2.24, 2.45) is 0 Å². The van der Waals surface area contributed by atoms with Crippen molar-refractivity contribution in [3.8, 4) is 5.75 Å². The number of carboxylic acids is 1. The van der Waals surface area contributed by atoms with E-state index in [1.54, 1.807) is 29.2 Å². The number of phenolic OH excluding ortho intramolecular Hbond substituents is 1. The van der Waals surface area contributed by atoms with Crippen LogP contribution in [0.2, 0.25) is 10.0 Å². The van der Waals surface area contributed by atoms with Crippen molar-refractivity contribution in [2.75, 3.05) is 6.54 Å². The van der Waals surface area contributed by atoms with Crippen LogP contribution >= 0.6 is 23.2 Å². The molecule has 3 aromatic rings. The average Bonchev–Trinajstić information content (AvgIpc) is 2.95. The Labute approximate surface area is 245 Å². The molecule has 0 bridgehead atoms.